The van der Waals surface area contributed by atoms with Crippen molar-refractivity contribution in [2.75, 3.05) is 0 Å². The molecule has 3 nitrogen and oxygen atoms in total. The van der Waals surface area contributed by atoms with E-state index in [0.717, 1.165) is 4.57 Å². The maximum absolute atomic E-state index is 13.0. The third-order valence-electron chi connectivity index (χ3n) is 1.76. The van der Waals surface area contributed by atoms with Gasteiger partial charge in [-0.3, -0.25) is 4.57 Å². The molecule has 0 saturated carbocycles. The lowest BCUT2D eigenvalue weighted by molar-refractivity contribution is 0.528. The van der Waals surface area contributed by atoms with Crippen LogP contribution in [-0.2, 0) is 7.05 Å². The molecule has 12 heavy (non-hydrogen) atoms. The molecule has 4 heteroatoms. The van der Waals surface area contributed by atoms with E-state index in [2.05, 4.69) is 0 Å². The molecule has 1 aromatic heterocycles. The van der Waals surface area contributed by atoms with Crippen LogP contribution in [0.2, 0.25) is 0 Å². The molecule has 0 aliphatic carbocycles. The third-order valence-corrected chi connectivity index (χ3v) is 1.76. The zero-order valence-corrected chi connectivity index (χ0v) is 6.37. The summed E-state index contributed by atoms with van der Waals surface area (Å²) in [5.41, 5.74) is 0.491. The van der Waals surface area contributed by atoms with Crippen LogP contribution < -0.4 is 5.76 Å². The highest BCUT2D eigenvalue weighted by Gasteiger charge is 2.08. The van der Waals surface area contributed by atoms with Gasteiger partial charge in [0.15, 0.2) is 11.4 Å². The number of nitrogens with zero attached hydrogens (tertiary/aromatic N) is 1. The summed E-state index contributed by atoms with van der Waals surface area (Å²) in [5, 5.41) is 0. The van der Waals surface area contributed by atoms with Crippen LogP contribution in [0.1, 0.15) is 0 Å². The smallest absolute Gasteiger partial charge is 0.408 e. The second-order valence-corrected chi connectivity index (χ2v) is 2.51. The van der Waals surface area contributed by atoms with E-state index in [0.29, 0.717) is 0 Å². The van der Waals surface area contributed by atoms with Gasteiger partial charge in [0.05, 0.1) is 0 Å². The molecule has 0 unspecified atom stereocenters. The fourth-order valence-corrected chi connectivity index (χ4v) is 1.16. The molecule has 0 amide bonds. The second-order valence-electron chi connectivity index (χ2n) is 2.51. The molecule has 0 aliphatic heterocycles. The van der Waals surface area contributed by atoms with Crippen LogP contribution in [0.5, 0.6) is 0 Å². The van der Waals surface area contributed by atoms with Gasteiger partial charge in [-0.05, 0) is 12.1 Å². The van der Waals surface area contributed by atoms with E-state index in [4.69, 9.17) is 4.42 Å². The van der Waals surface area contributed by atoms with Crippen LogP contribution in [0.15, 0.2) is 27.4 Å². The Morgan fingerprint density at radius 2 is 2.25 bits per heavy atom. The summed E-state index contributed by atoms with van der Waals surface area (Å²) in [6.07, 6.45) is 0. The predicted molar refractivity (Wildman–Crippen MR) is 41.4 cm³/mol. The van der Waals surface area contributed by atoms with Crippen molar-refractivity contribution in [3.63, 3.8) is 0 Å². The first-order chi connectivity index (χ1) is 5.70. The zero-order valence-electron chi connectivity index (χ0n) is 6.37. The molecule has 62 valence electrons. The molecule has 0 N–H and O–H groups in total. The number of oxazole rings is 1. The topological polar surface area (TPSA) is 35.1 Å². The lowest BCUT2D eigenvalue weighted by atomic mass is 10.3. The average molecular weight is 167 g/mol. The van der Waals surface area contributed by atoms with Crippen molar-refractivity contribution >= 4 is 11.1 Å². The molecule has 2 aromatic rings. The Bertz CT molecular complexity index is 483. The molecular formula is C8H6FNO2. The average Bonchev–Trinajstić information content (AvgIpc) is 2.29. The fourth-order valence-electron chi connectivity index (χ4n) is 1.16. The number of aryl methyl sites for hydroxylation is 1. The van der Waals surface area contributed by atoms with Gasteiger partial charge in [-0.2, -0.15) is 0 Å². The molecule has 2 rings (SSSR count). The van der Waals surface area contributed by atoms with Crippen molar-refractivity contribution < 1.29 is 8.81 Å². The number of aromatic nitrogens is 1. The summed E-state index contributed by atoms with van der Waals surface area (Å²) in [5.74, 6) is -0.990. The maximum Gasteiger partial charge on any atom is 0.419 e. The minimum atomic E-state index is -0.546. The van der Waals surface area contributed by atoms with Crippen molar-refractivity contribution in [3.05, 3.63) is 34.6 Å². The van der Waals surface area contributed by atoms with Gasteiger partial charge in [-0.15, -0.1) is 0 Å². The fraction of sp³-hybridized carbons (Fsp3) is 0.125. The highest BCUT2D eigenvalue weighted by atomic mass is 19.1. The van der Waals surface area contributed by atoms with E-state index < -0.39 is 11.6 Å². The maximum atomic E-state index is 13.0. The van der Waals surface area contributed by atoms with Gasteiger partial charge in [0, 0.05) is 7.05 Å². The molecule has 0 saturated heterocycles. The molecule has 0 radical (unpaired) electrons. The van der Waals surface area contributed by atoms with Gasteiger partial charge < -0.3 is 4.42 Å². The normalized spacial score (nSPS) is 10.8. The minimum Gasteiger partial charge on any atom is -0.408 e. The number of rotatable bonds is 0. The SMILES string of the molecule is Cn1c(=O)oc2cccc(F)c21. The van der Waals surface area contributed by atoms with Gasteiger partial charge >= 0.3 is 5.76 Å². The van der Waals surface area contributed by atoms with Gasteiger partial charge in [0.1, 0.15) is 5.52 Å². The quantitative estimate of drug-likeness (QED) is 0.592. The number of hydrogen-bond acceptors (Lipinski definition) is 2. The van der Waals surface area contributed by atoms with E-state index in [-0.39, 0.29) is 11.1 Å². The highest BCUT2D eigenvalue weighted by molar-refractivity contribution is 5.73. The second kappa shape index (κ2) is 2.20. The van der Waals surface area contributed by atoms with E-state index in [1.54, 1.807) is 6.07 Å². The summed E-state index contributed by atoms with van der Waals surface area (Å²) >= 11 is 0. The molecule has 0 fully saturated rings. The van der Waals surface area contributed by atoms with E-state index >= 15 is 0 Å². The molecule has 0 bridgehead atoms. The largest absolute Gasteiger partial charge is 0.419 e. The number of halogens is 1. The molecule has 1 heterocycles. The van der Waals surface area contributed by atoms with Crippen molar-refractivity contribution in [3.8, 4) is 0 Å². The first kappa shape index (κ1) is 7.09. The van der Waals surface area contributed by atoms with Crippen LogP contribution >= 0.6 is 0 Å². The van der Waals surface area contributed by atoms with Gasteiger partial charge in [-0.1, -0.05) is 6.07 Å². The monoisotopic (exact) mass is 167 g/mol. The van der Waals surface area contributed by atoms with E-state index in [1.807, 2.05) is 0 Å². The van der Waals surface area contributed by atoms with Gasteiger partial charge in [-0.25, -0.2) is 9.18 Å². The van der Waals surface area contributed by atoms with Crippen molar-refractivity contribution in [1.29, 1.82) is 0 Å². The molecular weight excluding hydrogens is 161 g/mol. The number of hydrogen-bond donors (Lipinski definition) is 0. The Kier molecular flexibility index (Phi) is 1.30. The van der Waals surface area contributed by atoms with Crippen LogP contribution in [0, 0.1) is 5.82 Å². The Balaban J connectivity index is 3.07. The summed E-state index contributed by atoms with van der Waals surface area (Å²) in [4.78, 5) is 10.9. The lowest BCUT2D eigenvalue weighted by Gasteiger charge is -1.91. The molecule has 0 atom stereocenters. The lowest BCUT2D eigenvalue weighted by Crippen LogP contribution is -2.08. The molecule has 0 aliphatic rings. The number of para-hydroxylation sites is 1. The zero-order chi connectivity index (χ0) is 8.72. The van der Waals surface area contributed by atoms with Crippen molar-refractivity contribution in [2.24, 2.45) is 7.05 Å². The minimum absolute atomic E-state index is 0.211. The number of fused-ring (bicyclic) bond motifs is 1. The summed E-state index contributed by atoms with van der Waals surface area (Å²) in [7, 11) is 1.47. The van der Waals surface area contributed by atoms with Crippen LogP contribution in [0.3, 0.4) is 0 Å². The van der Waals surface area contributed by atoms with Crippen LogP contribution in [-0.4, -0.2) is 4.57 Å². The Labute approximate surface area is 67.0 Å². The van der Waals surface area contributed by atoms with Gasteiger partial charge in [0.25, 0.3) is 0 Å². The van der Waals surface area contributed by atoms with Crippen LogP contribution in [0.4, 0.5) is 4.39 Å². The number of benzene rings is 1. The summed E-state index contributed by atoms with van der Waals surface area (Å²) < 4.78 is 18.9. The van der Waals surface area contributed by atoms with E-state index in [1.165, 1.54) is 19.2 Å². The van der Waals surface area contributed by atoms with Crippen molar-refractivity contribution in [2.45, 2.75) is 0 Å². The Hall–Kier alpha value is -1.58. The van der Waals surface area contributed by atoms with E-state index in [9.17, 15) is 9.18 Å². The van der Waals surface area contributed by atoms with Crippen molar-refractivity contribution in [1.82, 2.24) is 4.57 Å². The predicted octanol–water partition coefficient (Wildman–Crippen LogP) is 1.27. The first-order valence-corrected chi connectivity index (χ1v) is 3.44. The highest BCUT2D eigenvalue weighted by Crippen LogP contribution is 2.14. The molecule has 0 spiro atoms. The standard InChI is InChI=1S/C8H6FNO2/c1-10-7-5(9)3-2-4-6(7)12-8(10)11/h2-4H,1H3. The van der Waals surface area contributed by atoms with Crippen LogP contribution in [0.25, 0.3) is 11.1 Å². The summed E-state index contributed by atoms with van der Waals surface area (Å²) in [6.45, 7) is 0. The summed E-state index contributed by atoms with van der Waals surface area (Å²) in [6, 6.07) is 4.34. The Morgan fingerprint density at radius 3 is 2.92 bits per heavy atom. The first-order valence-electron chi connectivity index (χ1n) is 3.44. The van der Waals surface area contributed by atoms with Gasteiger partial charge in [0.2, 0.25) is 0 Å². The molecule has 1 aromatic carbocycles. The Morgan fingerprint density at radius 1 is 1.50 bits per heavy atom. The third kappa shape index (κ3) is 0.777.